The van der Waals surface area contributed by atoms with Gasteiger partial charge in [0.05, 0.1) is 0 Å². The van der Waals surface area contributed by atoms with E-state index in [1.54, 1.807) is 0 Å². The van der Waals surface area contributed by atoms with Crippen molar-refractivity contribution >= 4 is 11.6 Å². The lowest BCUT2D eigenvalue weighted by Crippen LogP contribution is -2.26. The number of nitrogens with one attached hydrogen (secondary N) is 2. The summed E-state index contributed by atoms with van der Waals surface area (Å²) in [6, 6.07) is 5.86. The lowest BCUT2D eigenvalue weighted by Gasteiger charge is -2.21. The minimum Gasteiger partial charge on any atom is -0.385 e. The molecule has 0 atom stereocenters. The van der Waals surface area contributed by atoms with Gasteiger partial charge >= 0.3 is 0 Å². The summed E-state index contributed by atoms with van der Waals surface area (Å²) in [6.45, 7) is 5.81. The number of benzene rings is 1. The van der Waals surface area contributed by atoms with Gasteiger partial charge < -0.3 is 10.6 Å². The van der Waals surface area contributed by atoms with Gasteiger partial charge in [-0.2, -0.15) is 0 Å². The number of carbonyl (C=O) groups is 1. The molecule has 3 heteroatoms. The Kier molecular flexibility index (Phi) is 6.09. The molecule has 0 heterocycles. The van der Waals surface area contributed by atoms with Crippen molar-refractivity contribution in [1.29, 1.82) is 0 Å². The number of amides is 1. The molecule has 116 valence electrons. The third-order valence-electron chi connectivity index (χ3n) is 4.42. The number of carbonyl (C=O) groups excluding carboxylic acids is 1. The van der Waals surface area contributed by atoms with Gasteiger partial charge in [-0.1, -0.05) is 32.1 Å². The summed E-state index contributed by atoms with van der Waals surface area (Å²) in [4.78, 5) is 12.2. The van der Waals surface area contributed by atoms with E-state index in [1.807, 2.05) is 25.1 Å². The van der Waals surface area contributed by atoms with E-state index in [2.05, 4.69) is 17.6 Å². The van der Waals surface area contributed by atoms with Crippen LogP contribution in [0.15, 0.2) is 18.2 Å². The van der Waals surface area contributed by atoms with Crippen LogP contribution in [0.2, 0.25) is 0 Å². The molecule has 1 aromatic rings. The first-order valence-electron chi connectivity index (χ1n) is 8.33. The molecule has 0 saturated heterocycles. The zero-order chi connectivity index (χ0) is 15.1. The van der Waals surface area contributed by atoms with E-state index < -0.39 is 0 Å². The van der Waals surface area contributed by atoms with Crippen LogP contribution in [-0.4, -0.2) is 19.0 Å². The minimum absolute atomic E-state index is 0.0527. The molecule has 1 aromatic carbocycles. The quantitative estimate of drug-likeness (QED) is 0.826. The minimum atomic E-state index is 0.0527. The second-order valence-electron chi connectivity index (χ2n) is 6.11. The Morgan fingerprint density at radius 2 is 2.00 bits per heavy atom. The molecule has 0 unspecified atom stereocenters. The zero-order valence-electron chi connectivity index (χ0n) is 13.4. The lowest BCUT2D eigenvalue weighted by molar-refractivity contribution is 0.0950. The maximum atomic E-state index is 12.2. The van der Waals surface area contributed by atoms with Gasteiger partial charge in [-0.3, -0.25) is 4.79 Å². The summed E-state index contributed by atoms with van der Waals surface area (Å²) in [7, 11) is 0. The Morgan fingerprint density at radius 1 is 1.24 bits per heavy atom. The third-order valence-corrected chi connectivity index (χ3v) is 4.42. The molecule has 1 amide bonds. The first-order chi connectivity index (χ1) is 10.2. The average molecular weight is 288 g/mol. The van der Waals surface area contributed by atoms with Crippen LogP contribution in [0.5, 0.6) is 0 Å². The van der Waals surface area contributed by atoms with E-state index in [-0.39, 0.29) is 5.91 Å². The van der Waals surface area contributed by atoms with Crippen LogP contribution < -0.4 is 10.6 Å². The highest BCUT2D eigenvalue weighted by Gasteiger charge is 2.14. The molecule has 3 nitrogen and oxygen atoms in total. The summed E-state index contributed by atoms with van der Waals surface area (Å²) in [5, 5.41) is 6.36. The Balaban J connectivity index is 1.81. The van der Waals surface area contributed by atoms with Crippen LogP contribution in [0.25, 0.3) is 0 Å². The Labute approximate surface area is 128 Å². The van der Waals surface area contributed by atoms with Crippen molar-refractivity contribution in [3.05, 3.63) is 29.3 Å². The van der Waals surface area contributed by atoms with E-state index in [9.17, 15) is 4.79 Å². The van der Waals surface area contributed by atoms with Crippen molar-refractivity contribution in [2.75, 3.05) is 18.4 Å². The molecule has 1 fully saturated rings. The maximum absolute atomic E-state index is 12.2. The molecule has 0 spiro atoms. The Hall–Kier alpha value is -1.51. The predicted octanol–water partition coefficient (Wildman–Crippen LogP) is 4.13. The highest BCUT2D eigenvalue weighted by molar-refractivity contribution is 5.94. The molecule has 0 aromatic heterocycles. The number of aryl methyl sites for hydroxylation is 1. The molecule has 2 N–H and O–H groups in total. The maximum Gasteiger partial charge on any atom is 0.251 e. The van der Waals surface area contributed by atoms with Crippen molar-refractivity contribution in [2.45, 2.75) is 52.4 Å². The molecule has 0 bridgehead atoms. The lowest BCUT2D eigenvalue weighted by atomic mass is 9.87. The monoisotopic (exact) mass is 288 g/mol. The van der Waals surface area contributed by atoms with E-state index in [0.29, 0.717) is 0 Å². The smallest absolute Gasteiger partial charge is 0.251 e. The Morgan fingerprint density at radius 3 is 2.67 bits per heavy atom. The molecule has 0 radical (unpaired) electrons. The standard InChI is InChI=1S/C18H28N2O/c1-3-19-17-10-9-16(13-14(17)2)18(21)20-12-11-15-7-5-4-6-8-15/h9-10,13,15,19H,3-8,11-12H2,1-2H3,(H,20,21). The second-order valence-corrected chi connectivity index (χ2v) is 6.11. The molecule has 0 aliphatic heterocycles. The zero-order valence-corrected chi connectivity index (χ0v) is 13.4. The molecular formula is C18H28N2O. The van der Waals surface area contributed by atoms with Crippen LogP contribution >= 0.6 is 0 Å². The molecular weight excluding hydrogens is 260 g/mol. The normalized spacial score (nSPS) is 15.7. The van der Waals surface area contributed by atoms with Crippen LogP contribution in [0.3, 0.4) is 0 Å². The fourth-order valence-corrected chi connectivity index (χ4v) is 3.16. The second kappa shape index (κ2) is 8.06. The summed E-state index contributed by atoms with van der Waals surface area (Å²) < 4.78 is 0. The van der Waals surface area contributed by atoms with E-state index in [0.717, 1.165) is 42.2 Å². The van der Waals surface area contributed by atoms with Crippen molar-refractivity contribution in [3.8, 4) is 0 Å². The first-order valence-corrected chi connectivity index (χ1v) is 8.33. The van der Waals surface area contributed by atoms with Gasteiger partial charge in [0.15, 0.2) is 0 Å². The molecule has 21 heavy (non-hydrogen) atoms. The largest absolute Gasteiger partial charge is 0.385 e. The van der Waals surface area contributed by atoms with Gasteiger partial charge in [-0.15, -0.1) is 0 Å². The third kappa shape index (κ3) is 4.76. The number of hydrogen-bond donors (Lipinski definition) is 2. The van der Waals surface area contributed by atoms with Gasteiger partial charge in [-0.25, -0.2) is 0 Å². The first kappa shape index (κ1) is 15.9. The fourth-order valence-electron chi connectivity index (χ4n) is 3.16. The van der Waals surface area contributed by atoms with Crippen LogP contribution in [0, 0.1) is 12.8 Å². The van der Waals surface area contributed by atoms with Gasteiger partial charge in [0, 0.05) is 24.3 Å². The number of anilines is 1. The summed E-state index contributed by atoms with van der Waals surface area (Å²) in [6.07, 6.45) is 7.92. The van der Waals surface area contributed by atoms with Crippen molar-refractivity contribution in [1.82, 2.24) is 5.32 Å². The summed E-state index contributed by atoms with van der Waals surface area (Å²) in [5.74, 6) is 0.869. The highest BCUT2D eigenvalue weighted by Crippen LogP contribution is 2.25. The molecule has 1 saturated carbocycles. The summed E-state index contributed by atoms with van der Waals surface area (Å²) >= 11 is 0. The van der Waals surface area contributed by atoms with Crippen LogP contribution in [0.1, 0.15) is 61.4 Å². The van der Waals surface area contributed by atoms with Crippen molar-refractivity contribution in [3.63, 3.8) is 0 Å². The summed E-state index contributed by atoms with van der Waals surface area (Å²) in [5.41, 5.74) is 2.99. The van der Waals surface area contributed by atoms with Crippen molar-refractivity contribution < 1.29 is 4.79 Å². The van der Waals surface area contributed by atoms with Gasteiger partial charge in [0.25, 0.3) is 5.91 Å². The van der Waals surface area contributed by atoms with Crippen LogP contribution in [-0.2, 0) is 0 Å². The van der Waals surface area contributed by atoms with E-state index in [4.69, 9.17) is 0 Å². The number of hydrogen-bond acceptors (Lipinski definition) is 2. The SMILES string of the molecule is CCNc1ccc(C(=O)NCCC2CCCCC2)cc1C. The average Bonchev–Trinajstić information content (AvgIpc) is 2.50. The highest BCUT2D eigenvalue weighted by atomic mass is 16.1. The van der Waals surface area contributed by atoms with Crippen LogP contribution in [0.4, 0.5) is 5.69 Å². The van der Waals surface area contributed by atoms with Gasteiger partial charge in [-0.05, 0) is 49.9 Å². The topological polar surface area (TPSA) is 41.1 Å². The van der Waals surface area contributed by atoms with Gasteiger partial charge in [0.2, 0.25) is 0 Å². The molecule has 2 rings (SSSR count). The van der Waals surface area contributed by atoms with Gasteiger partial charge in [0.1, 0.15) is 0 Å². The fraction of sp³-hybridized carbons (Fsp3) is 0.611. The predicted molar refractivity (Wildman–Crippen MR) is 88.9 cm³/mol. The van der Waals surface area contributed by atoms with E-state index in [1.165, 1.54) is 32.1 Å². The number of rotatable bonds is 6. The van der Waals surface area contributed by atoms with E-state index >= 15 is 0 Å². The molecule has 1 aliphatic carbocycles. The molecule has 1 aliphatic rings. The Bertz CT molecular complexity index is 464. The van der Waals surface area contributed by atoms with Crippen molar-refractivity contribution in [2.24, 2.45) is 5.92 Å².